The molecule has 1 N–H and O–H groups in total. The first kappa shape index (κ1) is 22.8. The Morgan fingerprint density at radius 1 is 1.06 bits per heavy atom. The second-order valence-electron chi connectivity index (χ2n) is 7.47. The number of fused-ring (bicyclic) bond motifs is 1. The van der Waals surface area contributed by atoms with E-state index in [4.69, 9.17) is 16.3 Å². The van der Waals surface area contributed by atoms with Crippen LogP contribution in [0.3, 0.4) is 0 Å². The summed E-state index contributed by atoms with van der Waals surface area (Å²) in [6.07, 6.45) is 0.0132. The molecule has 0 bridgehead atoms. The number of nitrogens with one attached hydrogen (secondary N) is 1. The van der Waals surface area contributed by atoms with Gasteiger partial charge in [0, 0.05) is 24.5 Å². The number of nitrogens with zero attached hydrogens (tertiary/aromatic N) is 2. The molecular weight excluding hydrogens is 462 g/mol. The van der Waals surface area contributed by atoms with Crippen LogP contribution in [0.1, 0.15) is 17.5 Å². The number of carbonyl (C=O) groups excluding carboxylic acids is 1. The maximum Gasteiger partial charge on any atom is 0.331 e. The van der Waals surface area contributed by atoms with Gasteiger partial charge in [-0.25, -0.2) is 4.79 Å². The van der Waals surface area contributed by atoms with Crippen molar-refractivity contribution in [3.05, 3.63) is 97.0 Å². The molecule has 33 heavy (non-hydrogen) atoms. The summed E-state index contributed by atoms with van der Waals surface area (Å²) in [4.78, 5) is 38.5. The molecule has 0 saturated carbocycles. The topological polar surface area (TPSA) is 82.3 Å². The van der Waals surface area contributed by atoms with Crippen LogP contribution in [0.25, 0.3) is 10.2 Å². The molecule has 4 aromatic rings. The van der Waals surface area contributed by atoms with Gasteiger partial charge in [-0.05, 0) is 46.8 Å². The summed E-state index contributed by atoms with van der Waals surface area (Å²) in [5.74, 6) is 0.493. The van der Waals surface area contributed by atoms with E-state index in [0.717, 1.165) is 21.4 Å². The predicted molar refractivity (Wildman–Crippen MR) is 130 cm³/mol. The zero-order valence-corrected chi connectivity index (χ0v) is 19.5. The summed E-state index contributed by atoms with van der Waals surface area (Å²) >= 11 is 7.37. The van der Waals surface area contributed by atoms with Gasteiger partial charge in [-0.3, -0.25) is 18.7 Å². The van der Waals surface area contributed by atoms with E-state index in [9.17, 15) is 14.4 Å². The van der Waals surface area contributed by atoms with Crippen LogP contribution in [0.15, 0.2) is 69.6 Å². The lowest BCUT2D eigenvalue weighted by Gasteiger charge is -2.13. The first-order valence-electron chi connectivity index (χ1n) is 10.3. The van der Waals surface area contributed by atoms with Crippen LogP contribution in [0, 0.1) is 0 Å². The Hall–Kier alpha value is -3.36. The molecule has 0 atom stereocenters. The minimum Gasteiger partial charge on any atom is -0.497 e. The highest BCUT2D eigenvalue weighted by Crippen LogP contribution is 2.18. The van der Waals surface area contributed by atoms with Crippen molar-refractivity contribution >= 4 is 39.1 Å². The third-order valence-corrected chi connectivity index (χ3v) is 6.40. The van der Waals surface area contributed by atoms with Crippen LogP contribution in [-0.4, -0.2) is 22.2 Å². The molecule has 1 amide bonds. The van der Waals surface area contributed by atoms with Crippen molar-refractivity contribution in [2.75, 3.05) is 7.11 Å². The number of carbonyl (C=O) groups is 1. The molecule has 0 unspecified atom stereocenters. The van der Waals surface area contributed by atoms with Crippen LogP contribution in [0.2, 0.25) is 5.02 Å². The highest BCUT2D eigenvalue weighted by molar-refractivity contribution is 7.17. The average molecular weight is 484 g/mol. The summed E-state index contributed by atoms with van der Waals surface area (Å²) in [6.45, 7) is 0.618. The molecule has 0 saturated heterocycles. The van der Waals surface area contributed by atoms with E-state index >= 15 is 0 Å². The molecule has 4 rings (SSSR count). The number of benzene rings is 2. The number of methoxy groups -OCH3 is 1. The van der Waals surface area contributed by atoms with E-state index in [1.165, 1.54) is 11.3 Å². The molecule has 0 aliphatic rings. The SMILES string of the molecule is COc1ccc(CNC(=O)CCn2c(=O)c3sccc3n(Cc3cccc(Cl)c3)c2=O)cc1. The molecular formula is C24H22ClN3O4S. The van der Waals surface area contributed by atoms with Crippen molar-refractivity contribution < 1.29 is 9.53 Å². The van der Waals surface area contributed by atoms with E-state index in [-0.39, 0.29) is 31.0 Å². The quantitative estimate of drug-likeness (QED) is 0.415. The summed E-state index contributed by atoms with van der Waals surface area (Å²) in [5.41, 5.74) is 1.52. The fraction of sp³-hybridized carbons (Fsp3) is 0.208. The lowest BCUT2D eigenvalue weighted by atomic mass is 10.2. The smallest absolute Gasteiger partial charge is 0.331 e. The van der Waals surface area contributed by atoms with Crippen molar-refractivity contribution in [2.45, 2.75) is 26.1 Å². The number of hydrogen-bond donors (Lipinski definition) is 1. The Balaban J connectivity index is 1.51. The maximum atomic E-state index is 13.2. The Kier molecular flexibility index (Phi) is 6.96. The normalized spacial score (nSPS) is 11.0. The van der Waals surface area contributed by atoms with E-state index in [0.29, 0.717) is 21.8 Å². The molecule has 0 spiro atoms. The Labute approximate surface area is 198 Å². The first-order valence-corrected chi connectivity index (χ1v) is 11.6. The summed E-state index contributed by atoms with van der Waals surface area (Å²) in [7, 11) is 1.59. The Morgan fingerprint density at radius 3 is 2.58 bits per heavy atom. The molecule has 0 aliphatic carbocycles. The molecule has 7 nitrogen and oxygen atoms in total. The van der Waals surface area contributed by atoms with Crippen molar-refractivity contribution in [3.63, 3.8) is 0 Å². The lowest BCUT2D eigenvalue weighted by Crippen LogP contribution is -2.40. The first-order chi connectivity index (χ1) is 16.0. The van der Waals surface area contributed by atoms with E-state index in [1.54, 1.807) is 35.3 Å². The fourth-order valence-electron chi connectivity index (χ4n) is 3.55. The van der Waals surface area contributed by atoms with Crippen LogP contribution in [0.5, 0.6) is 5.75 Å². The molecule has 2 aromatic heterocycles. The number of aromatic nitrogens is 2. The predicted octanol–water partition coefficient (Wildman–Crippen LogP) is 3.64. The van der Waals surface area contributed by atoms with Crippen molar-refractivity contribution in [3.8, 4) is 5.75 Å². The summed E-state index contributed by atoms with van der Waals surface area (Å²) < 4.78 is 8.29. The molecule has 2 heterocycles. The Morgan fingerprint density at radius 2 is 1.85 bits per heavy atom. The van der Waals surface area contributed by atoms with Crippen molar-refractivity contribution in [2.24, 2.45) is 0 Å². The van der Waals surface area contributed by atoms with Gasteiger partial charge in [0.1, 0.15) is 10.4 Å². The second kappa shape index (κ2) is 10.1. The zero-order valence-electron chi connectivity index (χ0n) is 17.9. The molecule has 0 radical (unpaired) electrons. The molecule has 0 fully saturated rings. The monoisotopic (exact) mass is 483 g/mol. The van der Waals surface area contributed by atoms with Crippen LogP contribution in [0.4, 0.5) is 0 Å². The van der Waals surface area contributed by atoms with E-state index in [1.807, 2.05) is 36.4 Å². The Bertz CT molecular complexity index is 1410. The van der Waals surface area contributed by atoms with E-state index in [2.05, 4.69) is 5.32 Å². The third-order valence-electron chi connectivity index (χ3n) is 5.28. The summed E-state index contributed by atoms with van der Waals surface area (Å²) in [6, 6.07) is 16.4. The number of amides is 1. The van der Waals surface area contributed by atoms with Gasteiger partial charge >= 0.3 is 5.69 Å². The van der Waals surface area contributed by atoms with Gasteiger partial charge in [-0.2, -0.15) is 0 Å². The number of hydrogen-bond acceptors (Lipinski definition) is 5. The third kappa shape index (κ3) is 5.18. The minimum absolute atomic E-state index is 0.00447. The molecule has 2 aromatic carbocycles. The summed E-state index contributed by atoms with van der Waals surface area (Å²) in [5, 5.41) is 5.18. The number of ether oxygens (including phenoxy) is 1. The zero-order chi connectivity index (χ0) is 23.4. The van der Waals surface area contributed by atoms with Gasteiger partial charge < -0.3 is 10.1 Å². The average Bonchev–Trinajstić information content (AvgIpc) is 3.31. The molecule has 170 valence electrons. The molecule has 9 heteroatoms. The van der Waals surface area contributed by atoms with Crippen LogP contribution in [-0.2, 0) is 24.4 Å². The number of rotatable bonds is 8. The van der Waals surface area contributed by atoms with Crippen LogP contribution < -0.4 is 21.3 Å². The van der Waals surface area contributed by atoms with Crippen molar-refractivity contribution in [1.29, 1.82) is 0 Å². The van der Waals surface area contributed by atoms with Gasteiger partial charge in [-0.1, -0.05) is 35.9 Å². The number of halogens is 1. The largest absolute Gasteiger partial charge is 0.497 e. The van der Waals surface area contributed by atoms with Gasteiger partial charge in [0.05, 0.1) is 19.2 Å². The van der Waals surface area contributed by atoms with E-state index < -0.39 is 5.69 Å². The van der Waals surface area contributed by atoms with Crippen molar-refractivity contribution in [1.82, 2.24) is 14.5 Å². The van der Waals surface area contributed by atoms with Crippen LogP contribution >= 0.6 is 22.9 Å². The second-order valence-corrected chi connectivity index (χ2v) is 8.82. The fourth-order valence-corrected chi connectivity index (χ4v) is 4.60. The number of thiophene rings is 1. The molecule has 0 aliphatic heterocycles. The highest BCUT2D eigenvalue weighted by Gasteiger charge is 2.15. The maximum absolute atomic E-state index is 13.2. The van der Waals surface area contributed by atoms with Gasteiger partial charge in [0.2, 0.25) is 5.91 Å². The van der Waals surface area contributed by atoms with Gasteiger partial charge in [-0.15, -0.1) is 11.3 Å². The minimum atomic E-state index is -0.450. The van der Waals surface area contributed by atoms with Gasteiger partial charge in [0.15, 0.2) is 0 Å². The lowest BCUT2D eigenvalue weighted by molar-refractivity contribution is -0.121. The van der Waals surface area contributed by atoms with Gasteiger partial charge in [0.25, 0.3) is 5.56 Å². The standard InChI is InChI=1S/C24H22ClN3O4S/c1-32-19-7-5-16(6-8-19)14-26-21(29)9-11-27-23(30)22-20(10-12-33-22)28(24(27)31)15-17-3-2-4-18(25)13-17/h2-8,10,12-13H,9,11,14-15H2,1H3,(H,26,29). The highest BCUT2D eigenvalue weighted by atomic mass is 35.5.